The lowest BCUT2D eigenvalue weighted by Crippen LogP contribution is -2.41. The molecule has 1 aromatic heterocycles. The SMILES string of the molecule is CCCCC1CN(C(=O)O)Cc2nc(SC)[nH]c(=O)c21. The largest absolute Gasteiger partial charge is 0.465 e. The summed E-state index contributed by atoms with van der Waals surface area (Å²) in [6.07, 6.45) is 3.69. The van der Waals surface area contributed by atoms with Crippen LogP contribution in [0.15, 0.2) is 9.95 Å². The number of nitrogens with zero attached hydrogens (tertiary/aromatic N) is 2. The number of fused-ring (bicyclic) bond motifs is 1. The maximum absolute atomic E-state index is 12.2. The van der Waals surface area contributed by atoms with E-state index in [9.17, 15) is 14.7 Å². The molecule has 0 saturated carbocycles. The van der Waals surface area contributed by atoms with Gasteiger partial charge in [0, 0.05) is 18.0 Å². The van der Waals surface area contributed by atoms with Crippen LogP contribution < -0.4 is 5.56 Å². The number of hydrogen-bond donors (Lipinski definition) is 2. The van der Waals surface area contributed by atoms with E-state index in [0.717, 1.165) is 19.3 Å². The highest BCUT2D eigenvalue weighted by atomic mass is 32.2. The van der Waals surface area contributed by atoms with Crippen molar-refractivity contribution in [3.8, 4) is 0 Å². The van der Waals surface area contributed by atoms with Crippen molar-refractivity contribution >= 4 is 17.9 Å². The number of thioether (sulfide) groups is 1. The van der Waals surface area contributed by atoms with Crippen LogP contribution in [0.5, 0.6) is 0 Å². The standard InChI is InChI=1S/C13H19N3O3S/c1-3-4-5-8-6-16(13(18)19)7-9-10(8)11(17)15-12(14-9)20-2/h8H,3-7H2,1-2H3,(H,18,19)(H,14,15,17). The molecule has 1 amide bonds. The van der Waals surface area contributed by atoms with Crippen LogP contribution in [0, 0.1) is 0 Å². The molecule has 1 aliphatic heterocycles. The fraction of sp³-hybridized carbons (Fsp3) is 0.615. The van der Waals surface area contributed by atoms with E-state index in [1.54, 1.807) is 0 Å². The Kier molecular flexibility index (Phi) is 4.69. The first kappa shape index (κ1) is 14.9. The molecule has 0 bridgehead atoms. The van der Waals surface area contributed by atoms with Crippen molar-refractivity contribution < 1.29 is 9.90 Å². The minimum absolute atomic E-state index is 0.0537. The van der Waals surface area contributed by atoms with E-state index < -0.39 is 6.09 Å². The number of H-pyrrole nitrogens is 1. The lowest BCUT2D eigenvalue weighted by Gasteiger charge is -2.31. The van der Waals surface area contributed by atoms with Crippen LogP contribution in [-0.4, -0.2) is 38.9 Å². The van der Waals surface area contributed by atoms with Crippen LogP contribution in [0.25, 0.3) is 0 Å². The first-order valence-electron chi connectivity index (χ1n) is 6.71. The highest BCUT2D eigenvalue weighted by Gasteiger charge is 2.31. The summed E-state index contributed by atoms with van der Waals surface area (Å²) in [4.78, 5) is 31.9. The van der Waals surface area contributed by atoms with E-state index in [-0.39, 0.29) is 18.0 Å². The average Bonchev–Trinajstić information content (AvgIpc) is 2.43. The van der Waals surface area contributed by atoms with Crippen LogP contribution >= 0.6 is 11.8 Å². The third-order valence-electron chi connectivity index (χ3n) is 3.57. The maximum atomic E-state index is 12.2. The fourth-order valence-corrected chi connectivity index (χ4v) is 2.98. The molecular weight excluding hydrogens is 278 g/mol. The summed E-state index contributed by atoms with van der Waals surface area (Å²) in [7, 11) is 0. The number of nitrogens with one attached hydrogen (secondary N) is 1. The fourth-order valence-electron chi connectivity index (χ4n) is 2.58. The van der Waals surface area contributed by atoms with E-state index in [0.29, 0.717) is 23.0 Å². The van der Waals surface area contributed by atoms with Crippen molar-refractivity contribution in [2.24, 2.45) is 0 Å². The zero-order chi connectivity index (χ0) is 14.7. The van der Waals surface area contributed by atoms with Crippen molar-refractivity contribution in [1.82, 2.24) is 14.9 Å². The smallest absolute Gasteiger partial charge is 0.407 e. The molecule has 1 atom stereocenters. The van der Waals surface area contributed by atoms with Gasteiger partial charge in [0.1, 0.15) is 0 Å². The molecule has 0 radical (unpaired) electrons. The Morgan fingerprint density at radius 3 is 2.95 bits per heavy atom. The maximum Gasteiger partial charge on any atom is 0.407 e. The molecule has 20 heavy (non-hydrogen) atoms. The minimum atomic E-state index is -0.954. The van der Waals surface area contributed by atoms with E-state index >= 15 is 0 Å². The van der Waals surface area contributed by atoms with Crippen molar-refractivity contribution in [1.29, 1.82) is 0 Å². The number of rotatable bonds is 4. The number of carbonyl (C=O) groups is 1. The van der Waals surface area contributed by atoms with E-state index in [2.05, 4.69) is 16.9 Å². The summed E-state index contributed by atoms with van der Waals surface area (Å²) in [5.41, 5.74) is 1.16. The third kappa shape index (κ3) is 2.98. The molecule has 0 saturated heterocycles. The zero-order valence-corrected chi connectivity index (χ0v) is 12.5. The highest BCUT2D eigenvalue weighted by molar-refractivity contribution is 7.98. The predicted molar refractivity (Wildman–Crippen MR) is 77.3 cm³/mol. The lowest BCUT2D eigenvalue weighted by molar-refractivity contribution is 0.132. The Labute approximate surface area is 121 Å². The number of aromatic nitrogens is 2. The number of hydrogen-bond acceptors (Lipinski definition) is 4. The van der Waals surface area contributed by atoms with E-state index in [1.165, 1.54) is 16.7 Å². The monoisotopic (exact) mass is 297 g/mol. The Hall–Kier alpha value is -1.50. The normalized spacial score (nSPS) is 17.9. The summed E-state index contributed by atoms with van der Waals surface area (Å²) in [5, 5.41) is 9.75. The molecular formula is C13H19N3O3S. The molecule has 0 aliphatic carbocycles. The second-order valence-corrected chi connectivity index (χ2v) is 5.73. The molecule has 1 aromatic rings. The Bertz CT molecular complexity index is 558. The van der Waals surface area contributed by atoms with Crippen LogP contribution in [0.3, 0.4) is 0 Å². The number of unbranched alkanes of at least 4 members (excludes halogenated alkanes) is 1. The van der Waals surface area contributed by atoms with Crippen LogP contribution in [0.4, 0.5) is 4.79 Å². The average molecular weight is 297 g/mol. The number of aromatic amines is 1. The predicted octanol–water partition coefficient (Wildman–Crippen LogP) is 2.26. The second kappa shape index (κ2) is 6.30. The molecule has 7 heteroatoms. The van der Waals surface area contributed by atoms with Gasteiger partial charge in [0.25, 0.3) is 5.56 Å². The topological polar surface area (TPSA) is 86.3 Å². The minimum Gasteiger partial charge on any atom is -0.465 e. The van der Waals surface area contributed by atoms with Gasteiger partial charge >= 0.3 is 6.09 Å². The van der Waals surface area contributed by atoms with Crippen LogP contribution in [-0.2, 0) is 6.54 Å². The molecule has 0 spiro atoms. The summed E-state index contributed by atoms with van der Waals surface area (Å²) < 4.78 is 0. The molecule has 110 valence electrons. The molecule has 2 heterocycles. The summed E-state index contributed by atoms with van der Waals surface area (Å²) in [6.45, 7) is 2.66. The molecule has 2 rings (SSSR count). The van der Waals surface area contributed by atoms with Gasteiger partial charge in [-0.2, -0.15) is 0 Å². The Morgan fingerprint density at radius 2 is 2.35 bits per heavy atom. The van der Waals surface area contributed by atoms with Crippen molar-refractivity contribution in [3.05, 3.63) is 21.6 Å². The third-order valence-corrected chi connectivity index (χ3v) is 4.15. The zero-order valence-electron chi connectivity index (χ0n) is 11.7. The van der Waals surface area contributed by atoms with Crippen molar-refractivity contribution in [2.75, 3.05) is 12.8 Å². The van der Waals surface area contributed by atoms with Gasteiger partial charge in [0.05, 0.1) is 12.2 Å². The van der Waals surface area contributed by atoms with Crippen LogP contribution in [0.1, 0.15) is 43.4 Å². The lowest BCUT2D eigenvalue weighted by atomic mass is 9.89. The summed E-state index contributed by atoms with van der Waals surface area (Å²) in [5.74, 6) is -0.0537. The molecule has 1 unspecified atom stereocenters. The second-order valence-electron chi connectivity index (χ2n) is 4.94. The number of amides is 1. The van der Waals surface area contributed by atoms with Crippen molar-refractivity contribution in [3.63, 3.8) is 0 Å². The summed E-state index contributed by atoms with van der Waals surface area (Å²) >= 11 is 1.35. The Morgan fingerprint density at radius 1 is 1.60 bits per heavy atom. The molecule has 2 N–H and O–H groups in total. The molecule has 6 nitrogen and oxygen atoms in total. The van der Waals surface area contributed by atoms with Gasteiger partial charge in [-0.25, -0.2) is 9.78 Å². The van der Waals surface area contributed by atoms with E-state index in [1.807, 2.05) is 6.26 Å². The quantitative estimate of drug-likeness (QED) is 0.657. The highest BCUT2D eigenvalue weighted by Crippen LogP contribution is 2.29. The first-order valence-corrected chi connectivity index (χ1v) is 7.94. The molecule has 1 aliphatic rings. The van der Waals surface area contributed by atoms with Gasteiger partial charge in [0.2, 0.25) is 0 Å². The number of carboxylic acid groups (broad SMARTS) is 1. The van der Waals surface area contributed by atoms with Crippen LogP contribution in [0.2, 0.25) is 0 Å². The van der Waals surface area contributed by atoms with Gasteiger partial charge in [0.15, 0.2) is 5.16 Å². The molecule has 0 fully saturated rings. The first-order chi connectivity index (χ1) is 9.56. The van der Waals surface area contributed by atoms with E-state index in [4.69, 9.17) is 0 Å². The van der Waals surface area contributed by atoms with Gasteiger partial charge < -0.3 is 15.0 Å². The van der Waals surface area contributed by atoms with Gasteiger partial charge in [-0.15, -0.1) is 0 Å². The molecule has 0 aromatic carbocycles. The summed E-state index contributed by atoms with van der Waals surface area (Å²) in [6, 6.07) is 0. The van der Waals surface area contributed by atoms with Crippen molar-refractivity contribution in [2.45, 2.75) is 43.8 Å². The van der Waals surface area contributed by atoms with Gasteiger partial charge in [-0.3, -0.25) is 4.79 Å². The van der Waals surface area contributed by atoms with Gasteiger partial charge in [-0.05, 0) is 12.7 Å². The Balaban J connectivity index is 2.42. The van der Waals surface area contributed by atoms with Gasteiger partial charge in [-0.1, -0.05) is 31.5 Å².